The first-order chi connectivity index (χ1) is 7.79. The third-order valence-corrected chi connectivity index (χ3v) is 3.56. The molecule has 0 spiro atoms. The van der Waals surface area contributed by atoms with Crippen molar-refractivity contribution >= 4 is 36.9 Å². The number of nitrogens with two attached hydrogens (primary N) is 1. The third-order valence-electron chi connectivity index (χ3n) is 2.17. The minimum atomic E-state index is -4.00. The molecule has 0 aliphatic rings. The van der Waals surface area contributed by atoms with Crippen molar-refractivity contribution in [2.75, 3.05) is 0 Å². The van der Waals surface area contributed by atoms with Crippen molar-refractivity contribution in [1.29, 1.82) is 0 Å². The Morgan fingerprint density at radius 3 is 2.53 bits per heavy atom. The Hall–Kier alpha value is -1.38. The molecule has 1 aromatic carbocycles. The number of pyridine rings is 1. The van der Waals surface area contributed by atoms with Crippen LogP contribution in [0.15, 0.2) is 32.4 Å². The van der Waals surface area contributed by atoms with Crippen LogP contribution in [0, 0.1) is 0 Å². The zero-order chi connectivity index (χ0) is 12.8. The Kier molecular flexibility index (Phi) is 2.72. The first-order valence-corrected chi connectivity index (χ1v) is 6.71. The van der Waals surface area contributed by atoms with Crippen LogP contribution in [-0.2, 0) is 10.0 Å². The van der Waals surface area contributed by atoms with Gasteiger partial charge in [0.15, 0.2) is 0 Å². The lowest BCUT2D eigenvalue weighted by molar-refractivity contribution is 0.480. The Labute approximate surface area is 104 Å². The number of sulfonamides is 1. The number of aromatic amines is 1. The molecule has 0 saturated carbocycles. The molecule has 17 heavy (non-hydrogen) atoms. The van der Waals surface area contributed by atoms with Crippen LogP contribution in [0.3, 0.4) is 0 Å². The Morgan fingerprint density at radius 1 is 1.29 bits per heavy atom. The number of nitrogens with one attached hydrogen (secondary N) is 1. The van der Waals surface area contributed by atoms with E-state index in [9.17, 15) is 18.3 Å². The maximum atomic E-state index is 11.4. The quantitative estimate of drug-likeness (QED) is 0.716. The average molecular weight is 319 g/mol. The summed E-state index contributed by atoms with van der Waals surface area (Å²) in [6, 6.07) is 3.70. The van der Waals surface area contributed by atoms with E-state index >= 15 is 0 Å². The zero-order valence-corrected chi connectivity index (χ0v) is 10.7. The second kappa shape index (κ2) is 3.83. The van der Waals surface area contributed by atoms with Gasteiger partial charge in [0, 0.05) is 15.9 Å². The van der Waals surface area contributed by atoms with Crippen molar-refractivity contribution in [1.82, 2.24) is 4.98 Å². The highest BCUT2D eigenvalue weighted by Crippen LogP contribution is 2.29. The molecule has 0 unspecified atom stereocenters. The highest BCUT2D eigenvalue weighted by atomic mass is 79.9. The largest absolute Gasteiger partial charge is 0.507 e. The van der Waals surface area contributed by atoms with Crippen molar-refractivity contribution < 1.29 is 13.5 Å². The van der Waals surface area contributed by atoms with Crippen molar-refractivity contribution in [3.63, 3.8) is 0 Å². The van der Waals surface area contributed by atoms with Gasteiger partial charge in [0.25, 0.3) is 5.56 Å². The highest BCUT2D eigenvalue weighted by Gasteiger charge is 2.16. The van der Waals surface area contributed by atoms with Gasteiger partial charge in [0.1, 0.15) is 10.6 Å². The Bertz CT molecular complexity index is 766. The summed E-state index contributed by atoms with van der Waals surface area (Å²) in [6.45, 7) is 0. The number of aromatic nitrogens is 1. The maximum absolute atomic E-state index is 11.4. The lowest BCUT2D eigenvalue weighted by atomic mass is 10.2. The molecule has 1 aromatic heterocycles. The number of aromatic hydroxyl groups is 1. The van der Waals surface area contributed by atoms with E-state index in [1.807, 2.05) is 0 Å². The fraction of sp³-hybridized carbons (Fsp3) is 0. The van der Waals surface area contributed by atoms with Gasteiger partial charge in [-0.15, -0.1) is 0 Å². The highest BCUT2D eigenvalue weighted by molar-refractivity contribution is 9.10. The molecule has 6 nitrogen and oxygen atoms in total. The van der Waals surface area contributed by atoms with Crippen LogP contribution in [0.25, 0.3) is 10.9 Å². The van der Waals surface area contributed by atoms with E-state index in [0.717, 1.165) is 6.07 Å². The van der Waals surface area contributed by atoms with Gasteiger partial charge in [-0.3, -0.25) is 4.79 Å². The molecule has 0 aliphatic carbocycles. The van der Waals surface area contributed by atoms with Crippen molar-refractivity contribution in [2.24, 2.45) is 5.14 Å². The smallest absolute Gasteiger partial charge is 0.252 e. The van der Waals surface area contributed by atoms with Crippen LogP contribution in [0.4, 0.5) is 0 Å². The number of hydrogen-bond acceptors (Lipinski definition) is 4. The number of benzene rings is 1. The first kappa shape index (κ1) is 12.1. The van der Waals surface area contributed by atoms with E-state index in [-0.39, 0.29) is 21.5 Å². The molecular formula is C9H7BrN2O4S. The van der Waals surface area contributed by atoms with Crippen LogP contribution in [0.1, 0.15) is 0 Å². The zero-order valence-electron chi connectivity index (χ0n) is 8.27. The first-order valence-electron chi connectivity index (χ1n) is 4.37. The van der Waals surface area contributed by atoms with E-state index < -0.39 is 15.6 Å². The summed E-state index contributed by atoms with van der Waals surface area (Å²) >= 11 is 3.11. The van der Waals surface area contributed by atoms with Crippen LogP contribution in [-0.4, -0.2) is 18.5 Å². The molecule has 2 aromatic rings. The van der Waals surface area contributed by atoms with Gasteiger partial charge in [-0.1, -0.05) is 15.9 Å². The molecule has 1 heterocycles. The fourth-order valence-corrected chi connectivity index (χ4v) is 2.84. The summed E-state index contributed by atoms with van der Waals surface area (Å²) in [6.07, 6.45) is 0. The van der Waals surface area contributed by atoms with Crippen molar-refractivity contribution in [3.05, 3.63) is 33.0 Å². The molecule has 8 heteroatoms. The summed E-state index contributed by atoms with van der Waals surface area (Å²) in [5.74, 6) is -0.310. The van der Waals surface area contributed by atoms with E-state index in [1.54, 1.807) is 0 Å². The second-order valence-electron chi connectivity index (χ2n) is 3.39. The van der Waals surface area contributed by atoms with Gasteiger partial charge in [0.05, 0.1) is 5.52 Å². The predicted octanol–water partition coefficient (Wildman–Crippen LogP) is 0.644. The van der Waals surface area contributed by atoms with Gasteiger partial charge in [-0.05, 0) is 12.1 Å². The van der Waals surface area contributed by atoms with Crippen LogP contribution in [0.2, 0.25) is 0 Å². The molecular weight excluding hydrogens is 312 g/mol. The normalized spacial score (nSPS) is 11.9. The molecule has 2 rings (SSSR count). The molecule has 0 radical (unpaired) electrons. The molecule has 0 atom stereocenters. The standard InChI is InChI=1S/C9H7BrN2O4S/c10-4-1-5-6(13)3-8(14)12-9(5)7(2-4)17(11,15)16/h1-3H,(H2,11,15,16)(H2,12,13,14). The lowest BCUT2D eigenvalue weighted by Gasteiger charge is -2.06. The van der Waals surface area contributed by atoms with Gasteiger partial charge in [0.2, 0.25) is 10.0 Å². The van der Waals surface area contributed by atoms with Gasteiger partial charge < -0.3 is 10.1 Å². The Morgan fingerprint density at radius 2 is 1.94 bits per heavy atom. The fourth-order valence-electron chi connectivity index (χ4n) is 1.50. The van der Waals surface area contributed by atoms with Gasteiger partial charge in [-0.2, -0.15) is 0 Å². The minimum absolute atomic E-state index is 0.0132. The molecule has 0 aliphatic heterocycles. The number of H-pyrrole nitrogens is 1. The van der Waals surface area contributed by atoms with E-state index in [1.165, 1.54) is 12.1 Å². The lowest BCUT2D eigenvalue weighted by Crippen LogP contribution is -2.15. The van der Waals surface area contributed by atoms with E-state index in [0.29, 0.717) is 4.47 Å². The number of rotatable bonds is 1. The Balaban J connectivity index is 3.09. The summed E-state index contributed by atoms with van der Waals surface area (Å²) in [5, 5.41) is 14.8. The number of primary sulfonamides is 1. The molecule has 0 bridgehead atoms. The second-order valence-corrected chi connectivity index (χ2v) is 5.84. The topological polar surface area (TPSA) is 113 Å². The number of hydrogen-bond donors (Lipinski definition) is 3. The summed E-state index contributed by atoms with van der Waals surface area (Å²) < 4.78 is 23.2. The molecule has 90 valence electrons. The molecule has 4 N–H and O–H groups in total. The van der Waals surface area contributed by atoms with Gasteiger partial charge in [-0.25, -0.2) is 13.6 Å². The van der Waals surface area contributed by atoms with Gasteiger partial charge >= 0.3 is 0 Å². The van der Waals surface area contributed by atoms with Crippen molar-refractivity contribution in [3.8, 4) is 5.75 Å². The molecule has 0 amide bonds. The average Bonchev–Trinajstić information content (AvgIpc) is 2.16. The predicted molar refractivity (Wildman–Crippen MR) is 65.3 cm³/mol. The van der Waals surface area contributed by atoms with Crippen LogP contribution in [0.5, 0.6) is 5.75 Å². The summed E-state index contributed by atoms with van der Waals surface area (Å²) in [5.41, 5.74) is -0.622. The SMILES string of the molecule is NS(=O)(=O)c1cc(Br)cc2c(O)cc(=O)[nH]c12. The summed E-state index contributed by atoms with van der Waals surface area (Å²) in [4.78, 5) is 13.3. The number of halogens is 1. The third kappa shape index (κ3) is 2.19. The molecule has 0 saturated heterocycles. The van der Waals surface area contributed by atoms with Crippen molar-refractivity contribution in [2.45, 2.75) is 4.90 Å². The molecule has 0 fully saturated rings. The van der Waals surface area contributed by atoms with Crippen LogP contribution >= 0.6 is 15.9 Å². The monoisotopic (exact) mass is 318 g/mol. The van der Waals surface area contributed by atoms with E-state index in [4.69, 9.17) is 5.14 Å². The van der Waals surface area contributed by atoms with E-state index in [2.05, 4.69) is 20.9 Å². The number of fused-ring (bicyclic) bond motifs is 1. The maximum Gasteiger partial charge on any atom is 0.252 e. The minimum Gasteiger partial charge on any atom is -0.507 e. The summed E-state index contributed by atoms with van der Waals surface area (Å²) in [7, 11) is -4.00. The van der Waals surface area contributed by atoms with Crippen LogP contribution < -0.4 is 10.7 Å².